The first-order chi connectivity index (χ1) is 17.0. The van der Waals surface area contributed by atoms with E-state index in [0.717, 1.165) is 0 Å². The van der Waals surface area contributed by atoms with E-state index in [2.05, 4.69) is 16.4 Å². The number of anilines is 2. The van der Waals surface area contributed by atoms with Crippen LogP contribution in [0.2, 0.25) is 0 Å². The molecule has 0 saturated heterocycles. The number of pyridine rings is 1. The van der Waals surface area contributed by atoms with E-state index in [9.17, 15) is 14.4 Å². The Kier molecular flexibility index (Phi) is 7.35. The molecule has 2 heterocycles. The number of amides is 1. The van der Waals surface area contributed by atoms with Crippen molar-refractivity contribution in [1.29, 1.82) is 5.26 Å². The van der Waals surface area contributed by atoms with Gasteiger partial charge in [-0.2, -0.15) is 5.26 Å². The number of nitrogens with one attached hydrogen (secondary N) is 1. The van der Waals surface area contributed by atoms with Crippen LogP contribution in [0, 0.1) is 17.1 Å². The zero-order valence-electron chi connectivity index (χ0n) is 18.7. The number of rotatable bonds is 8. The van der Waals surface area contributed by atoms with Crippen LogP contribution < -0.4 is 15.8 Å². The zero-order valence-corrected chi connectivity index (χ0v) is 19.6. The van der Waals surface area contributed by atoms with Crippen molar-refractivity contribution in [2.24, 2.45) is 0 Å². The molecule has 3 N–H and O–H groups in total. The fourth-order valence-electron chi connectivity index (χ4n) is 3.41. The van der Waals surface area contributed by atoms with Crippen molar-refractivity contribution in [2.75, 3.05) is 24.5 Å². The summed E-state index contributed by atoms with van der Waals surface area (Å²) in [5, 5.41) is 14.5. The molecule has 35 heavy (non-hydrogen) atoms. The molecule has 2 aromatic heterocycles. The molecule has 9 heteroatoms. The van der Waals surface area contributed by atoms with E-state index in [1.54, 1.807) is 47.8 Å². The first-order valence-corrected chi connectivity index (χ1v) is 11.5. The average molecular weight is 489 g/mol. The van der Waals surface area contributed by atoms with Crippen LogP contribution in [0.3, 0.4) is 0 Å². The van der Waals surface area contributed by atoms with E-state index in [-0.39, 0.29) is 23.9 Å². The Morgan fingerprint density at radius 3 is 2.74 bits per heavy atom. The summed E-state index contributed by atoms with van der Waals surface area (Å²) in [7, 11) is 0. The van der Waals surface area contributed by atoms with Crippen molar-refractivity contribution < 1.29 is 18.7 Å². The second kappa shape index (κ2) is 10.8. The summed E-state index contributed by atoms with van der Waals surface area (Å²) in [5.41, 5.74) is 8.67. The normalized spacial score (nSPS) is 10.5. The highest BCUT2D eigenvalue weighted by Gasteiger charge is 2.20. The van der Waals surface area contributed by atoms with Crippen molar-refractivity contribution in [3.63, 3.8) is 0 Å². The maximum Gasteiger partial charge on any atom is 0.266 e. The van der Waals surface area contributed by atoms with E-state index in [1.165, 1.54) is 29.5 Å². The lowest BCUT2D eigenvalue weighted by molar-refractivity contribution is 0.0226. The van der Waals surface area contributed by atoms with Gasteiger partial charge in [-0.05, 0) is 54.3 Å². The minimum absolute atomic E-state index is 0.0703. The monoisotopic (exact) mass is 488 g/mol. The van der Waals surface area contributed by atoms with Crippen molar-refractivity contribution >= 4 is 28.7 Å². The number of carbonyl (C=O) groups excluding carboxylic acids is 1. The second-order valence-electron chi connectivity index (χ2n) is 7.34. The highest BCUT2D eigenvalue weighted by Crippen LogP contribution is 2.37. The minimum atomic E-state index is -0.490. The van der Waals surface area contributed by atoms with Gasteiger partial charge in [0.05, 0.1) is 10.6 Å². The lowest BCUT2D eigenvalue weighted by Gasteiger charge is -2.16. The highest BCUT2D eigenvalue weighted by molar-refractivity contribution is 7.12. The summed E-state index contributed by atoms with van der Waals surface area (Å²) in [6.45, 7) is 2.17. The van der Waals surface area contributed by atoms with Crippen LogP contribution in [0.25, 0.3) is 22.4 Å². The molecule has 7 nitrogen and oxygen atoms in total. The molecule has 0 unspecified atom stereocenters. The Balaban J connectivity index is 1.89. The van der Waals surface area contributed by atoms with Crippen LogP contribution >= 0.6 is 11.3 Å². The number of nitrogens with zero attached hydrogens (tertiary/aromatic N) is 2. The first kappa shape index (κ1) is 23.9. The molecule has 176 valence electrons. The van der Waals surface area contributed by atoms with Gasteiger partial charge in [0.2, 0.25) is 0 Å². The summed E-state index contributed by atoms with van der Waals surface area (Å²) in [4.78, 5) is 17.9. The zero-order chi connectivity index (χ0) is 24.8. The molecule has 0 radical (unpaired) electrons. The number of benzene rings is 2. The smallest absolute Gasteiger partial charge is 0.266 e. The van der Waals surface area contributed by atoms with Crippen LogP contribution in [-0.2, 0) is 4.74 Å². The lowest BCUT2D eigenvalue weighted by atomic mass is 9.97. The van der Waals surface area contributed by atoms with E-state index in [0.29, 0.717) is 39.6 Å². The quantitative estimate of drug-likeness (QED) is 0.187. The van der Waals surface area contributed by atoms with Crippen molar-refractivity contribution in [3.05, 3.63) is 82.3 Å². The lowest BCUT2D eigenvalue weighted by Crippen LogP contribution is -2.14. The van der Waals surface area contributed by atoms with Gasteiger partial charge < -0.3 is 20.5 Å². The third-order valence-electron chi connectivity index (χ3n) is 5.03. The number of aromatic nitrogens is 1. The van der Waals surface area contributed by atoms with Crippen LogP contribution in [0.15, 0.2) is 66.0 Å². The fraction of sp³-hybridized carbons (Fsp3) is 0.115. The van der Waals surface area contributed by atoms with Crippen molar-refractivity contribution in [2.45, 2.75) is 6.92 Å². The number of thiophene rings is 1. The minimum Gasteiger partial charge on any atom is -0.467 e. The molecule has 0 fully saturated rings. The third-order valence-corrected chi connectivity index (χ3v) is 5.90. The van der Waals surface area contributed by atoms with Gasteiger partial charge in [0.15, 0.2) is 12.6 Å². The molecule has 0 aliphatic rings. The summed E-state index contributed by atoms with van der Waals surface area (Å²) >= 11 is 1.27. The van der Waals surface area contributed by atoms with Gasteiger partial charge in [0.25, 0.3) is 5.91 Å². The van der Waals surface area contributed by atoms with Gasteiger partial charge in [-0.25, -0.2) is 9.37 Å². The van der Waals surface area contributed by atoms with E-state index in [4.69, 9.17) is 15.2 Å². The van der Waals surface area contributed by atoms with Crippen LogP contribution in [0.5, 0.6) is 5.75 Å². The van der Waals surface area contributed by atoms with Gasteiger partial charge >= 0.3 is 0 Å². The number of nitrogens with two attached hydrogens (primary N) is 1. The summed E-state index contributed by atoms with van der Waals surface area (Å²) in [5.74, 6) is -0.603. The topological polar surface area (TPSA) is 110 Å². The molecular weight excluding hydrogens is 467 g/mol. The number of hydrogen-bond acceptors (Lipinski definition) is 7. The predicted octanol–water partition coefficient (Wildman–Crippen LogP) is 5.70. The summed E-state index contributed by atoms with van der Waals surface area (Å²) in [6, 6.07) is 18.3. The van der Waals surface area contributed by atoms with E-state index < -0.39 is 11.7 Å². The van der Waals surface area contributed by atoms with Gasteiger partial charge in [-0.15, -0.1) is 11.3 Å². The number of carbonyl (C=O) groups is 1. The largest absolute Gasteiger partial charge is 0.467 e. The number of halogens is 1. The maximum absolute atomic E-state index is 14.0. The molecule has 0 atom stereocenters. The molecule has 0 aliphatic carbocycles. The van der Waals surface area contributed by atoms with E-state index >= 15 is 0 Å². The predicted molar refractivity (Wildman–Crippen MR) is 134 cm³/mol. The second-order valence-corrected chi connectivity index (χ2v) is 8.29. The Bertz CT molecular complexity index is 1400. The molecular formula is C26H21FN4O3S. The van der Waals surface area contributed by atoms with Gasteiger partial charge in [0.1, 0.15) is 23.2 Å². The molecule has 4 aromatic rings. The molecule has 0 aliphatic heterocycles. The van der Waals surface area contributed by atoms with Crippen molar-refractivity contribution in [1.82, 2.24) is 4.98 Å². The number of ether oxygens (including phenoxy) is 2. The van der Waals surface area contributed by atoms with Gasteiger partial charge in [-0.3, -0.25) is 4.79 Å². The molecule has 1 amide bonds. The number of hydrogen-bond donors (Lipinski definition) is 2. The molecule has 0 spiro atoms. The molecule has 0 bridgehead atoms. The Morgan fingerprint density at radius 2 is 2.03 bits per heavy atom. The average Bonchev–Trinajstić information content (AvgIpc) is 3.39. The molecule has 4 rings (SSSR count). The Hall–Kier alpha value is -4.26. The summed E-state index contributed by atoms with van der Waals surface area (Å²) in [6.07, 6.45) is 0. The van der Waals surface area contributed by atoms with Crippen molar-refractivity contribution in [3.8, 4) is 34.2 Å². The standard InChI is InChI=1S/C26H21FN4O3S/c1-2-33-15-34-23-12-17(27)8-9-19(23)22-13-20(16-5-3-6-18(29)11-16)21(14-28)25(30-22)31-26(32)24-7-4-10-35-24/h3-13H,2,15,29H2,1H3,(H,30,31,32). The number of nitrogen functional groups attached to an aromatic ring is 1. The van der Waals surface area contributed by atoms with Gasteiger partial charge in [-0.1, -0.05) is 18.2 Å². The third kappa shape index (κ3) is 5.46. The van der Waals surface area contributed by atoms with Gasteiger partial charge in [0, 0.05) is 29.5 Å². The first-order valence-electron chi connectivity index (χ1n) is 10.7. The Labute approximate surface area is 205 Å². The number of nitriles is 1. The fourth-order valence-corrected chi connectivity index (χ4v) is 4.03. The van der Waals surface area contributed by atoms with Crippen LogP contribution in [0.1, 0.15) is 22.2 Å². The summed E-state index contributed by atoms with van der Waals surface area (Å²) < 4.78 is 24.9. The Morgan fingerprint density at radius 1 is 1.17 bits per heavy atom. The highest BCUT2D eigenvalue weighted by atomic mass is 32.1. The molecule has 0 saturated carbocycles. The van der Waals surface area contributed by atoms with E-state index in [1.807, 2.05) is 6.92 Å². The SMILES string of the molecule is CCOCOc1cc(F)ccc1-c1cc(-c2cccc(N)c2)c(C#N)c(NC(=O)c2cccs2)n1. The van der Waals surface area contributed by atoms with Crippen LogP contribution in [0.4, 0.5) is 15.9 Å². The molecule has 2 aromatic carbocycles. The maximum atomic E-state index is 14.0. The van der Waals surface area contributed by atoms with Crippen LogP contribution in [-0.4, -0.2) is 24.3 Å².